The van der Waals surface area contributed by atoms with Gasteiger partial charge in [-0.2, -0.15) is 0 Å². The maximum atomic E-state index is 6.04. The first-order chi connectivity index (χ1) is 12.5. The zero-order chi connectivity index (χ0) is 18.5. The van der Waals surface area contributed by atoms with Crippen LogP contribution in [0.3, 0.4) is 0 Å². The molecule has 3 rings (SSSR count). The van der Waals surface area contributed by atoms with Gasteiger partial charge in [-0.3, -0.25) is 0 Å². The Hall–Kier alpha value is -1.48. The first-order valence-corrected chi connectivity index (χ1v) is 10.4. The molecular formula is C23H20BrClS. The van der Waals surface area contributed by atoms with Crippen LogP contribution in [0.2, 0.25) is 5.02 Å². The van der Waals surface area contributed by atoms with E-state index in [0.717, 1.165) is 15.9 Å². The molecule has 0 heterocycles. The molecule has 3 aromatic carbocycles. The minimum atomic E-state index is 0.773. The Labute approximate surface area is 173 Å². The molecule has 0 aliphatic rings. The van der Waals surface area contributed by atoms with Crippen LogP contribution < -0.4 is 0 Å². The zero-order valence-electron chi connectivity index (χ0n) is 14.8. The fourth-order valence-corrected chi connectivity index (χ4v) is 4.05. The Balaban J connectivity index is 1.94. The molecule has 0 aromatic heterocycles. The van der Waals surface area contributed by atoms with Crippen LogP contribution in [-0.2, 0) is 6.42 Å². The van der Waals surface area contributed by atoms with Gasteiger partial charge >= 0.3 is 0 Å². The molecule has 0 fully saturated rings. The second-order valence-corrected chi connectivity index (χ2v) is 8.88. The maximum Gasteiger partial charge on any atom is 0.0406 e. The maximum absolute atomic E-state index is 6.04. The Morgan fingerprint density at radius 3 is 2.35 bits per heavy atom. The van der Waals surface area contributed by atoms with Crippen LogP contribution in [0.25, 0.3) is 6.08 Å². The minimum absolute atomic E-state index is 0.773. The number of aryl methyl sites for hydroxylation is 2. The summed E-state index contributed by atoms with van der Waals surface area (Å²) in [6, 6.07) is 23.2. The van der Waals surface area contributed by atoms with Crippen LogP contribution in [0.5, 0.6) is 0 Å². The number of allylic oxidation sites excluding steroid dienone is 1. The second-order valence-electron chi connectivity index (χ2n) is 6.33. The van der Waals surface area contributed by atoms with E-state index < -0.39 is 0 Å². The van der Waals surface area contributed by atoms with Crippen molar-refractivity contribution in [3.8, 4) is 0 Å². The van der Waals surface area contributed by atoms with Crippen LogP contribution in [0, 0.1) is 13.8 Å². The van der Waals surface area contributed by atoms with Crippen LogP contribution in [0.1, 0.15) is 22.3 Å². The predicted octanol–water partition coefficient (Wildman–Crippen LogP) is 8.10. The van der Waals surface area contributed by atoms with Gasteiger partial charge in [0, 0.05) is 20.8 Å². The Morgan fingerprint density at radius 1 is 0.962 bits per heavy atom. The van der Waals surface area contributed by atoms with Gasteiger partial charge in [0.2, 0.25) is 0 Å². The molecule has 0 aliphatic heterocycles. The van der Waals surface area contributed by atoms with Crippen molar-refractivity contribution >= 4 is 45.4 Å². The molecule has 0 nitrogen and oxygen atoms in total. The first-order valence-electron chi connectivity index (χ1n) is 8.45. The molecule has 0 amide bonds. The SMILES string of the molecule is Cc1ccc(C)c(/C=C(\Cc2ccc(Cl)cc2)Sc2ccc(Br)cc2)c1. The van der Waals surface area contributed by atoms with Crippen molar-refractivity contribution in [1.82, 2.24) is 0 Å². The van der Waals surface area contributed by atoms with E-state index in [9.17, 15) is 0 Å². The molecule has 0 bridgehead atoms. The highest BCUT2D eigenvalue weighted by atomic mass is 79.9. The molecule has 0 saturated carbocycles. The van der Waals surface area contributed by atoms with Crippen molar-refractivity contribution in [2.24, 2.45) is 0 Å². The molecule has 26 heavy (non-hydrogen) atoms. The number of thioether (sulfide) groups is 1. The predicted molar refractivity (Wildman–Crippen MR) is 119 cm³/mol. The molecule has 132 valence electrons. The van der Waals surface area contributed by atoms with Crippen molar-refractivity contribution in [2.45, 2.75) is 25.2 Å². The monoisotopic (exact) mass is 442 g/mol. The van der Waals surface area contributed by atoms with Crippen molar-refractivity contribution in [3.63, 3.8) is 0 Å². The van der Waals surface area contributed by atoms with Crippen LogP contribution >= 0.6 is 39.3 Å². The lowest BCUT2D eigenvalue weighted by molar-refractivity contribution is 1.25. The summed E-state index contributed by atoms with van der Waals surface area (Å²) in [6.07, 6.45) is 3.19. The van der Waals surface area contributed by atoms with E-state index in [-0.39, 0.29) is 0 Å². The number of halogens is 2. The summed E-state index contributed by atoms with van der Waals surface area (Å²) < 4.78 is 1.10. The van der Waals surface area contributed by atoms with Gasteiger partial charge in [0.15, 0.2) is 0 Å². The lowest BCUT2D eigenvalue weighted by atomic mass is 10.0. The average Bonchev–Trinajstić information content (AvgIpc) is 2.62. The van der Waals surface area contributed by atoms with Crippen LogP contribution in [0.15, 0.2) is 81.0 Å². The molecule has 3 aromatic rings. The highest BCUT2D eigenvalue weighted by molar-refractivity contribution is 9.10. The van der Waals surface area contributed by atoms with E-state index in [4.69, 9.17) is 11.6 Å². The summed E-state index contributed by atoms with van der Waals surface area (Å²) in [5.41, 5.74) is 5.11. The fraction of sp³-hybridized carbons (Fsp3) is 0.130. The van der Waals surface area contributed by atoms with Crippen molar-refractivity contribution in [3.05, 3.63) is 103 Å². The second kappa shape index (κ2) is 8.94. The summed E-state index contributed by atoms with van der Waals surface area (Å²) in [7, 11) is 0. The van der Waals surface area contributed by atoms with Gasteiger partial charge in [0.1, 0.15) is 0 Å². The van der Waals surface area contributed by atoms with E-state index in [1.54, 1.807) is 0 Å². The number of rotatable bonds is 5. The van der Waals surface area contributed by atoms with Gasteiger partial charge in [0.05, 0.1) is 0 Å². The summed E-state index contributed by atoms with van der Waals surface area (Å²) in [5, 5.41) is 0.773. The van der Waals surface area contributed by atoms with E-state index >= 15 is 0 Å². The van der Waals surface area contributed by atoms with E-state index in [1.165, 1.54) is 32.1 Å². The van der Waals surface area contributed by atoms with E-state index in [1.807, 2.05) is 23.9 Å². The Morgan fingerprint density at radius 2 is 1.65 bits per heavy atom. The summed E-state index contributed by atoms with van der Waals surface area (Å²) in [4.78, 5) is 2.54. The Bertz CT molecular complexity index is 862. The topological polar surface area (TPSA) is 0 Å². The number of hydrogen-bond donors (Lipinski definition) is 0. The highest BCUT2D eigenvalue weighted by Gasteiger charge is 2.06. The van der Waals surface area contributed by atoms with Gasteiger partial charge in [-0.05, 0) is 77.9 Å². The molecule has 0 atom stereocenters. The summed E-state index contributed by atoms with van der Waals surface area (Å²) >= 11 is 11.4. The lowest BCUT2D eigenvalue weighted by Crippen LogP contribution is -1.90. The summed E-state index contributed by atoms with van der Waals surface area (Å²) in [5.74, 6) is 0. The third kappa shape index (κ3) is 5.51. The number of hydrogen-bond acceptors (Lipinski definition) is 1. The molecule has 0 saturated heterocycles. The largest absolute Gasteiger partial charge is 0.0942 e. The quantitative estimate of drug-likeness (QED) is 0.359. The van der Waals surface area contributed by atoms with Crippen molar-refractivity contribution < 1.29 is 0 Å². The van der Waals surface area contributed by atoms with Gasteiger partial charge in [-0.25, -0.2) is 0 Å². The van der Waals surface area contributed by atoms with Crippen molar-refractivity contribution in [2.75, 3.05) is 0 Å². The lowest BCUT2D eigenvalue weighted by Gasteiger charge is -2.10. The minimum Gasteiger partial charge on any atom is -0.0942 e. The number of benzene rings is 3. The third-order valence-electron chi connectivity index (χ3n) is 4.11. The summed E-state index contributed by atoms with van der Waals surface area (Å²) in [6.45, 7) is 4.30. The highest BCUT2D eigenvalue weighted by Crippen LogP contribution is 2.32. The van der Waals surface area contributed by atoms with Crippen LogP contribution in [0.4, 0.5) is 0 Å². The van der Waals surface area contributed by atoms with E-state index in [2.05, 4.69) is 90.5 Å². The smallest absolute Gasteiger partial charge is 0.0406 e. The molecule has 0 unspecified atom stereocenters. The zero-order valence-corrected chi connectivity index (χ0v) is 18.0. The standard InChI is InChI=1S/C23H20BrClS/c1-16-3-4-17(2)19(13-16)15-23(14-18-5-9-21(25)10-6-18)26-22-11-7-20(24)8-12-22/h3-13,15H,14H2,1-2H3/b23-15+. The van der Waals surface area contributed by atoms with Gasteiger partial charge in [0.25, 0.3) is 0 Å². The van der Waals surface area contributed by atoms with E-state index in [0.29, 0.717) is 0 Å². The average molecular weight is 444 g/mol. The molecule has 0 radical (unpaired) electrons. The van der Waals surface area contributed by atoms with Gasteiger partial charge in [-0.1, -0.05) is 75.2 Å². The molecular weight excluding hydrogens is 424 g/mol. The van der Waals surface area contributed by atoms with Gasteiger partial charge in [-0.15, -0.1) is 0 Å². The van der Waals surface area contributed by atoms with Crippen molar-refractivity contribution in [1.29, 1.82) is 0 Å². The molecule has 0 N–H and O–H groups in total. The third-order valence-corrected chi connectivity index (χ3v) is 5.92. The normalized spacial score (nSPS) is 11.6. The van der Waals surface area contributed by atoms with Gasteiger partial charge < -0.3 is 0 Å². The first kappa shape index (κ1) is 19.3. The fourth-order valence-electron chi connectivity index (χ4n) is 2.66. The molecule has 0 spiro atoms. The molecule has 0 aliphatic carbocycles. The van der Waals surface area contributed by atoms with Crippen LogP contribution in [-0.4, -0.2) is 0 Å². The molecule has 3 heteroatoms. The Kier molecular flexibility index (Phi) is 6.63.